The largest absolute Gasteiger partial charge is 0.372 e. The number of rotatable bonds is 7. The number of allylic oxidation sites excluding steroid dienone is 1. The molecule has 0 aliphatic heterocycles. The fourth-order valence-electron chi connectivity index (χ4n) is 3.22. The summed E-state index contributed by atoms with van der Waals surface area (Å²) in [4.78, 5) is 14.8. The Morgan fingerprint density at radius 3 is 2.56 bits per heavy atom. The normalized spacial score (nSPS) is 11.9. The smallest absolute Gasteiger partial charge is 0.231 e. The van der Waals surface area contributed by atoms with Crippen LogP contribution in [0.4, 0.5) is 16.5 Å². The van der Waals surface area contributed by atoms with E-state index < -0.39 is 0 Å². The summed E-state index contributed by atoms with van der Waals surface area (Å²) in [5.74, 6) is 0.481. The molecule has 160 valence electrons. The molecular weight excluding hydrogens is 442 g/mol. The summed E-state index contributed by atoms with van der Waals surface area (Å²) in [6.07, 6.45) is 1.66. The Hall–Kier alpha value is -3.54. The van der Waals surface area contributed by atoms with Crippen molar-refractivity contribution in [2.24, 2.45) is 10.2 Å². The van der Waals surface area contributed by atoms with Gasteiger partial charge in [-0.1, -0.05) is 35.1 Å². The van der Waals surface area contributed by atoms with Gasteiger partial charge in [0.05, 0.1) is 27.2 Å². The van der Waals surface area contributed by atoms with Crippen LogP contribution in [-0.4, -0.2) is 28.0 Å². The molecule has 4 rings (SSSR count). The van der Waals surface area contributed by atoms with Gasteiger partial charge in [-0.3, -0.25) is 0 Å². The number of nitrogens with zero attached hydrogens (tertiary/aromatic N) is 6. The van der Waals surface area contributed by atoms with E-state index in [1.807, 2.05) is 48.5 Å². The van der Waals surface area contributed by atoms with Gasteiger partial charge in [0.25, 0.3) is 0 Å². The van der Waals surface area contributed by atoms with Crippen molar-refractivity contribution in [1.29, 1.82) is 5.26 Å². The molecule has 9 heteroatoms. The summed E-state index contributed by atoms with van der Waals surface area (Å²) < 4.78 is 0. The minimum atomic E-state index is 0.268. The molecule has 0 fully saturated rings. The third-order valence-electron chi connectivity index (χ3n) is 4.87. The second-order valence-corrected chi connectivity index (χ2v) is 8.18. The molecule has 0 aliphatic rings. The number of imidazole rings is 1. The zero-order valence-electron chi connectivity index (χ0n) is 17.6. The molecule has 0 radical (unpaired) electrons. The maximum atomic E-state index is 9.63. The fraction of sp³-hybridized carbons (Fsp3) is 0.174. The van der Waals surface area contributed by atoms with E-state index >= 15 is 0 Å². The van der Waals surface area contributed by atoms with Crippen molar-refractivity contribution in [2.45, 2.75) is 13.8 Å². The zero-order valence-corrected chi connectivity index (χ0v) is 19.2. The van der Waals surface area contributed by atoms with E-state index in [2.05, 4.69) is 50.0 Å². The van der Waals surface area contributed by atoms with Gasteiger partial charge in [0, 0.05) is 18.8 Å². The third kappa shape index (κ3) is 4.69. The Kier molecular flexibility index (Phi) is 6.59. The highest BCUT2D eigenvalue weighted by Gasteiger charge is 2.12. The lowest BCUT2D eigenvalue weighted by molar-refractivity contribution is 0.866. The number of azo groups is 1. The second-order valence-electron chi connectivity index (χ2n) is 6.81. The van der Waals surface area contributed by atoms with Gasteiger partial charge < -0.3 is 9.88 Å². The summed E-state index contributed by atoms with van der Waals surface area (Å²) in [7, 11) is 0. The van der Waals surface area contributed by atoms with Crippen LogP contribution < -0.4 is 4.90 Å². The van der Waals surface area contributed by atoms with Crippen molar-refractivity contribution in [2.75, 3.05) is 18.0 Å². The van der Waals surface area contributed by atoms with Crippen LogP contribution in [0.15, 0.2) is 58.8 Å². The molecule has 0 bridgehead atoms. The molecule has 2 aromatic heterocycles. The zero-order chi connectivity index (χ0) is 22.5. The van der Waals surface area contributed by atoms with Gasteiger partial charge in [-0.05, 0) is 56.3 Å². The summed E-state index contributed by atoms with van der Waals surface area (Å²) in [6.45, 7) is 6.15. The molecule has 2 heterocycles. The van der Waals surface area contributed by atoms with E-state index in [1.165, 1.54) is 11.3 Å². The molecule has 0 unspecified atom stereocenters. The minimum absolute atomic E-state index is 0.268. The first-order chi connectivity index (χ1) is 15.6. The molecule has 4 aromatic rings. The van der Waals surface area contributed by atoms with Gasteiger partial charge in [0.2, 0.25) is 5.13 Å². The average Bonchev–Trinajstić information content (AvgIpc) is 3.40. The number of hydrogen-bond donors (Lipinski definition) is 1. The lowest BCUT2D eigenvalue weighted by Crippen LogP contribution is -2.21. The van der Waals surface area contributed by atoms with Crippen molar-refractivity contribution in [3.8, 4) is 6.07 Å². The van der Waals surface area contributed by atoms with E-state index in [0.29, 0.717) is 21.4 Å². The van der Waals surface area contributed by atoms with Crippen LogP contribution in [0.25, 0.3) is 22.7 Å². The molecular formula is C23H20ClN7S. The summed E-state index contributed by atoms with van der Waals surface area (Å²) in [5.41, 5.74) is 3.89. The number of para-hydroxylation sites is 2. The van der Waals surface area contributed by atoms with E-state index in [9.17, 15) is 5.26 Å². The number of halogens is 1. The number of H-pyrrole nitrogens is 1. The predicted molar refractivity (Wildman–Crippen MR) is 131 cm³/mol. The topological polar surface area (TPSA) is 93.3 Å². The van der Waals surface area contributed by atoms with E-state index in [4.69, 9.17) is 11.6 Å². The maximum Gasteiger partial charge on any atom is 0.231 e. The van der Waals surface area contributed by atoms with E-state index in [0.717, 1.165) is 35.5 Å². The summed E-state index contributed by atoms with van der Waals surface area (Å²) >= 11 is 7.55. The highest BCUT2D eigenvalue weighted by atomic mass is 35.5. The van der Waals surface area contributed by atoms with Crippen LogP contribution in [0.1, 0.15) is 24.5 Å². The number of nitrogens with one attached hydrogen (secondary N) is 1. The van der Waals surface area contributed by atoms with E-state index in [1.54, 1.807) is 6.08 Å². The number of benzene rings is 2. The highest BCUT2D eigenvalue weighted by molar-refractivity contribution is 7.16. The molecule has 0 saturated carbocycles. The van der Waals surface area contributed by atoms with Crippen LogP contribution >= 0.6 is 22.9 Å². The molecule has 7 nitrogen and oxygen atoms in total. The van der Waals surface area contributed by atoms with Crippen molar-refractivity contribution in [3.05, 3.63) is 64.4 Å². The van der Waals surface area contributed by atoms with Crippen LogP contribution in [0, 0.1) is 11.3 Å². The molecule has 1 N–H and O–H groups in total. The van der Waals surface area contributed by atoms with Crippen molar-refractivity contribution in [1.82, 2.24) is 15.0 Å². The second kappa shape index (κ2) is 9.73. The first-order valence-electron chi connectivity index (χ1n) is 10.1. The van der Waals surface area contributed by atoms with Crippen molar-refractivity contribution < 1.29 is 0 Å². The molecule has 0 atom stereocenters. The number of aromatic amines is 1. The number of nitriles is 1. The summed E-state index contributed by atoms with van der Waals surface area (Å²) in [6, 6.07) is 17.7. The van der Waals surface area contributed by atoms with Crippen molar-refractivity contribution in [3.63, 3.8) is 0 Å². The van der Waals surface area contributed by atoms with Gasteiger partial charge >= 0.3 is 0 Å². The Morgan fingerprint density at radius 1 is 1.12 bits per heavy atom. The monoisotopic (exact) mass is 461 g/mol. The average molecular weight is 462 g/mol. The lowest BCUT2D eigenvalue weighted by Gasteiger charge is -2.20. The number of hydrogen-bond acceptors (Lipinski definition) is 7. The molecule has 0 spiro atoms. The molecule has 32 heavy (non-hydrogen) atoms. The van der Waals surface area contributed by atoms with E-state index in [-0.39, 0.29) is 5.15 Å². The Labute approximate surface area is 194 Å². The van der Waals surface area contributed by atoms with Crippen LogP contribution in [0.3, 0.4) is 0 Å². The first kappa shape index (κ1) is 21.7. The number of fused-ring (bicyclic) bond motifs is 1. The number of thiazole rings is 1. The summed E-state index contributed by atoms with van der Waals surface area (Å²) in [5, 5.41) is 18.8. The highest BCUT2D eigenvalue weighted by Crippen LogP contribution is 2.33. The van der Waals surface area contributed by atoms with Gasteiger partial charge in [0.1, 0.15) is 17.0 Å². The molecule has 0 aliphatic carbocycles. The van der Waals surface area contributed by atoms with Crippen LogP contribution in [0.2, 0.25) is 5.15 Å². The maximum absolute atomic E-state index is 9.63. The molecule has 0 amide bonds. The first-order valence-corrected chi connectivity index (χ1v) is 11.3. The third-order valence-corrected chi connectivity index (χ3v) is 6.15. The molecule has 2 aromatic carbocycles. The fourth-order valence-corrected chi connectivity index (χ4v) is 4.24. The minimum Gasteiger partial charge on any atom is -0.372 e. The Bertz CT molecular complexity index is 1290. The van der Waals surface area contributed by atoms with Crippen LogP contribution in [-0.2, 0) is 0 Å². The predicted octanol–water partition coefficient (Wildman–Crippen LogP) is 7.00. The number of anilines is 1. The standard InChI is InChI=1S/C23H20ClN7S/c1-3-31(4-2)17-11-9-16(10-12-17)29-30-23-28-21(24)20(32-23)13-15(14-25)22-26-18-7-5-6-8-19(18)27-22/h5-13H,3-4H2,1-2H3,(H,26,27)/b15-13+,30-29?. The number of aromatic nitrogens is 3. The quantitative estimate of drug-likeness (QED) is 0.237. The SMILES string of the molecule is CCN(CC)c1ccc(N=Nc2nc(Cl)c(/C=C(\C#N)c3nc4ccccc4[nH]3)s2)cc1. The molecule has 0 saturated heterocycles. The van der Waals surface area contributed by atoms with Gasteiger partial charge in [-0.15, -0.1) is 10.2 Å². The van der Waals surface area contributed by atoms with Gasteiger partial charge in [-0.25, -0.2) is 9.97 Å². The lowest BCUT2D eigenvalue weighted by atomic mass is 10.2. The van der Waals surface area contributed by atoms with Gasteiger partial charge in [0.15, 0.2) is 0 Å². The van der Waals surface area contributed by atoms with Crippen LogP contribution in [0.5, 0.6) is 0 Å². The van der Waals surface area contributed by atoms with Crippen molar-refractivity contribution >= 4 is 62.1 Å². The Balaban J connectivity index is 1.55. The Morgan fingerprint density at radius 2 is 1.88 bits per heavy atom. The van der Waals surface area contributed by atoms with Gasteiger partial charge in [-0.2, -0.15) is 5.26 Å².